The fourth-order valence-corrected chi connectivity index (χ4v) is 2.28. The minimum Gasteiger partial charge on any atom is -0.444 e. The summed E-state index contributed by atoms with van der Waals surface area (Å²) in [5.41, 5.74) is 2.90. The molecule has 0 spiro atoms. The largest absolute Gasteiger partial charge is 0.444 e. The summed E-state index contributed by atoms with van der Waals surface area (Å²) < 4.78 is 5.53. The summed E-state index contributed by atoms with van der Waals surface area (Å²) in [4.78, 5) is 8.76. The number of oxazole rings is 1. The van der Waals surface area contributed by atoms with Gasteiger partial charge >= 0.3 is 0 Å². The lowest BCUT2D eigenvalue weighted by Crippen LogP contribution is -2.39. The van der Waals surface area contributed by atoms with Gasteiger partial charge in [-0.25, -0.2) is 9.98 Å². The van der Waals surface area contributed by atoms with Crippen molar-refractivity contribution < 1.29 is 9.52 Å². The number of aliphatic imine (C=N–C) groups is 1. The standard InChI is InChI=1S/C18H26N4O2/c1-5-19-18(21-11-17-22-13(3)14(4)24-17)20-10-16(23)15-8-6-7-12(2)9-15/h6-9,16,23H,5,10-11H2,1-4H3,(H2,19,20,21). The van der Waals surface area contributed by atoms with Gasteiger partial charge in [0.05, 0.1) is 11.8 Å². The Hall–Kier alpha value is -2.34. The van der Waals surface area contributed by atoms with Gasteiger partial charge in [0.25, 0.3) is 0 Å². The van der Waals surface area contributed by atoms with Crippen LogP contribution in [0.15, 0.2) is 33.7 Å². The van der Waals surface area contributed by atoms with Crippen molar-refractivity contribution in [3.05, 3.63) is 52.7 Å². The van der Waals surface area contributed by atoms with E-state index in [4.69, 9.17) is 4.42 Å². The highest BCUT2D eigenvalue weighted by Gasteiger charge is 2.09. The van der Waals surface area contributed by atoms with Crippen LogP contribution in [0.5, 0.6) is 0 Å². The van der Waals surface area contributed by atoms with Gasteiger partial charge in [0.2, 0.25) is 5.89 Å². The van der Waals surface area contributed by atoms with E-state index in [-0.39, 0.29) is 0 Å². The molecule has 0 fully saturated rings. The summed E-state index contributed by atoms with van der Waals surface area (Å²) in [6.45, 7) is 9.26. The van der Waals surface area contributed by atoms with Crippen LogP contribution in [-0.4, -0.2) is 29.1 Å². The number of guanidine groups is 1. The van der Waals surface area contributed by atoms with Gasteiger partial charge in [-0.2, -0.15) is 0 Å². The third kappa shape index (κ3) is 5.09. The molecule has 0 radical (unpaired) electrons. The Balaban J connectivity index is 1.96. The maximum atomic E-state index is 10.3. The number of nitrogens with one attached hydrogen (secondary N) is 2. The topological polar surface area (TPSA) is 82.7 Å². The second kappa shape index (κ2) is 8.49. The number of hydrogen-bond acceptors (Lipinski definition) is 4. The van der Waals surface area contributed by atoms with Gasteiger partial charge in [0.15, 0.2) is 5.96 Å². The number of rotatable bonds is 6. The average Bonchev–Trinajstić information content (AvgIpc) is 2.88. The molecule has 0 aliphatic heterocycles. The monoisotopic (exact) mass is 330 g/mol. The van der Waals surface area contributed by atoms with Crippen LogP contribution in [0.1, 0.15) is 41.5 Å². The molecule has 0 amide bonds. The molecule has 24 heavy (non-hydrogen) atoms. The van der Waals surface area contributed by atoms with Gasteiger partial charge in [0, 0.05) is 13.1 Å². The number of aryl methyl sites for hydroxylation is 3. The Morgan fingerprint density at radius 3 is 2.71 bits per heavy atom. The molecule has 2 aromatic rings. The number of aliphatic hydroxyl groups excluding tert-OH is 1. The number of nitrogens with zero attached hydrogens (tertiary/aromatic N) is 2. The Morgan fingerprint density at radius 1 is 1.29 bits per heavy atom. The van der Waals surface area contributed by atoms with Crippen LogP contribution in [-0.2, 0) is 6.54 Å². The fraction of sp³-hybridized carbons (Fsp3) is 0.444. The first-order valence-corrected chi connectivity index (χ1v) is 8.19. The first-order valence-electron chi connectivity index (χ1n) is 8.19. The van der Waals surface area contributed by atoms with Crippen LogP contribution in [0.2, 0.25) is 0 Å². The van der Waals surface area contributed by atoms with E-state index < -0.39 is 6.10 Å². The van der Waals surface area contributed by atoms with Crippen molar-refractivity contribution in [2.24, 2.45) is 4.99 Å². The predicted molar refractivity (Wildman–Crippen MR) is 94.9 cm³/mol. The Morgan fingerprint density at radius 2 is 2.08 bits per heavy atom. The number of benzene rings is 1. The van der Waals surface area contributed by atoms with Crippen molar-refractivity contribution in [3.63, 3.8) is 0 Å². The maximum Gasteiger partial charge on any atom is 0.216 e. The molecule has 6 heteroatoms. The Bertz CT molecular complexity index is 675. The minimum atomic E-state index is -0.597. The molecule has 1 atom stereocenters. The van der Waals surface area contributed by atoms with Crippen molar-refractivity contribution in [3.8, 4) is 0 Å². The molecule has 1 heterocycles. The zero-order valence-electron chi connectivity index (χ0n) is 14.8. The second-order valence-electron chi connectivity index (χ2n) is 5.76. The zero-order chi connectivity index (χ0) is 17.5. The predicted octanol–water partition coefficient (Wildman–Crippen LogP) is 2.39. The molecular formula is C18H26N4O2. The molecule has 0 saturated carbocycles. The molecule has 3 N–H and O–H groups in total. The summed E-state index contributed by atoms with van der Waals surface area (Å²) in [6.07, 6.45) is -0.597. The normalized spacial score (nSPS) is 13.0. The van der Waals surface area contributed by atoms with E-state index in [2.05, 4.69) is 20.6 Å². The highest BCUT2D eigenvalue weighted by atomic mass is 16.4. The lowest BCUT2D eigenvalue weighted by Gasteiger charge is -2.15. The zero-order valence-corrected chi connectivity index (χ0v) is 14.8. The number of aromatic nitrogens is 1. The third-order valence-electron chi connectivity index (χ3n) is 3.68. The second-order valence-corrected chi connectivity index (χ2v) is 5.76. The molecule has 1 unspecified atom stereocenters. The third-order valence-corrected chi connectivity index (χ3v) is 3.68. The van der Waals surface area contributed by atoms with Crippen molar-refractivity contribution in [2.75, 3.05) is 13.1 Å². The molecule has 6 nitrogen and oxygen atoms in total. The van der Waals surface area contributed by atoms with Gasteiger partial charge in [0.1, 0.15) is 12.3 Å². The smallest absolute Gasteiger partial charge is 0.216 e. The van der Waals surface area contributed by atoms with Gasteiger partial charge in [-0.05, 0) is 33.3 Å². The number of hydrogen-bond donors (Lipinski definition) is 3. The van der Waals surface area contributed by atoms with E-state index >= 15 is 0 Å². The first kappa shape index (κ1) is 18.0. The molecule has 0 aliphatic rings. The Kier molecular flexibility index (Phi) is 6.37. The fourth-order valence-electron chi connectivity index (χ4n) is 2.28. The van der Waals surface area contributed by atoms with Crippen LogP contribution >= 0.6 is 0 Å². The van der Waals surface area contributed by atoms with Crippen molar-refractivity contribution in [1.82, 2.24) is 15.6 Å². The van der Waals surface area contributed by atoms with E-state index in [0.717, 1.165) is 29.1 Å². The summed E-state index contributed by atoms with van der Waals surface area (Å²) in [6, 6.07) is 7.85. The average molecular weight is 330 g/mol. The molecular weight excluding hydrogens is 304 g/mol. The van der Waals surface area contributed by atoms with Crippen LogP contribution in [0.4, 0.5) is 0 Å². The van der Waals surface area contributed by atoms with Crippen LogP contribution in [0.3, 0.4) is 0 Å². The quantitative estimate of drug-likeness (QED) is 0.559. The van der Waals surface area contributed by atoms with E-state index in [1.54, 1.807) is 0 Å². The Labute approximate surface area is 143 Å². The molecule has 0 aliphatic carbocycles. The summed E-state index contributed by atoms with van der Waals surface area (Å²) >= 11 is 0. The summed E-state index contributed by atoms with van der Waals surface area (Å²) in [5, 5.41) is 16.6. The number of aliphatic hydroxyl groups is 1. The van der Waals surface area contributed by atoms with Crippen molar-refractivity contribution in [1.29, 1.82) is 0 Å². The lowest BCUT2D eigenvalue weighted by molar-refractivity contribution is 0.181. The summed E-state index contributed by atoms with van der Waals surface area (Å²) in [7, 11) is 0. The minimum absolute atomic E-state index is 0.352. The molecule has 1 aromatic carbocycles. The van der Waals surface area contributed by atoms with Crippen LogP contribution < -0.4 is 10.6 Å². The van der Waals surface area contributed by atoms with Gasteiger partial charge in [-0.3, -0.25) is 0 Å². The van der Waals surface area contributed by atoms with Crippen molar-refractivity contribution in [2.45, 2.75) is 40.3 Å². The van der Waals surface area contributed by atoms with E-state index in [1.807, 2.05) is 52.0 Å². The lowest BCUT2D eigenvalue weighted by atomic mass is 10.1. The van der Waals surface area contributed by atoms with E-state index in [0.29, 0.717) is 24.9 Å². The van der Waals surface area contributed by atoms with E-state index in [1.165, 1.54) is 0 Å². The molecule has 2 rings (SSSR count). The van der Waals surface area contributed by atoms with Gasteiger partial charge in [-0.15, -0.1) is 0 Å². The highest BCUT2D eigenvalue weighted by Crippen LogP contribution is 2.13. The maximum absolute atomic E-state index is 10.3. The highest BCUT2D eigenvalue weighted by molar-refractivity contribution is 5.79. The molecule has 0 bridgehead atoms. The van der Waals surface area contributed by atoms with Gasteiger partial charge in [-0.1, -0.05) is 29.8 Å². The van der Waals surface area contributed by atoms with Crippen LogP contribution in [0, 0.1) is 20.8 Å². The SMILES string of the molecule is CCNC(=NCc1nc(C)c(C)o1)NCC(O)c1cccc(C)c1. The van der Waals surface area contributed by atoms with Crippen molar-refractivity contribution >= 4 is 5.96 Å². The molecule has 130 valence electrons. The van der Waals surface area contributed by atoms with E-state index in [9.17, 15) is 5.11 Å². The molecule has 0 saturated heterocycles. The molecule has 1 aromatic heterocycles. The first-order chi connectivity index (χ1) is 11.5. The van der Waals surface area contributed by atoms with Gasteiger partial charge < -0.3 is 20.2 Å². The van der Waals surface area contributed by atoms with Crippen LogP contribution in [0.25, 0.3) is 0 Å². The summed E-state index contributed by atoms with van der Waals surface area (Å²) in [5.74, 6) is 2.02.